The molecule has 1 aromatic heterocycles. The lowest BCUT2D eigenvalue weighted by Crippen LogP contribution is -2.18. The first-order chi connectivity index (χ1) is 5.66. The van der Waals surface area contributed by atoms with Gasteiger partial charge in [0.15, 0.2) is 0 Å². The Kier molecular flexibility index (Phi) is 2.27. The van der Waals surface area contributed by atoms with Crippen LogP contribution in [-0.2, 0) is 4.74 Å². The van der Waals surface area contributed by atoms with E-state index in [4.69, 9.17) is 5.84 Å². The molecular formula is C6H8FN3O2. The average Bonchev–Trinajstić information content (AvgIpc) is 2.32. The molecule has 0 unspecified atom stereocenters. The van der Waals surface area contributed by atoms with Gasteiger partial charge in [-0.3, -0.25) is 0 Å². The highest BCUT2D eigenvalue weighted by molar-refractivity contribution is 5.87. The quantitative estimate of drug-likeness (QED) is 0.501. The second kappa shape index (κ2) is 3.21. The van der Waals surface area contributed by atoms with Crippen molar-refractivity contribution in [1.82, 2.24) is 9.66 Å². The molecule has 0 aliphatic heterocycles. The van der Waals surface area contributed by atoms with Crippen LogP contribution in [0.15, 0.2) is 6.33 Å². The summed E-state index contributed by atoms with van der Waals surface area (Å²) in [7, 11) is 0. The van der Waals surface area contributed by atoms with Crippen molar-refractivity contribution in [1.29, 1.82) is 0 Å². The zero-order valence-corrected chi connectivity index (χ0v) is 6.45. The fourth-order valence-corrected chi connectivity index (χ4v) is 0.727. The van der Waals surface area contributed by atoms with Crippen LogP contribution in [0.2, 0.25) is 0 Å². The van der Waals surface area contributed by atoms with Crippen molar-refractivity contribution in [3.63, 3.8) is 0 Å². The van der Waals surface area contributed by atoms with Crippen LogP contribution in [0, 0.1) is 5.95 Å². The van der Waals surface area contributed by atoms with E-state index in [0.717, 1.165) is 11.0 Å². The van der Waals surface area contributed by atoms with Crippen LogP contribution in [-0.4, -0.2) is 22.2 Å². The number of aromatic nitrogens is 2. The molecule has 0 amide bonds. The Morgan fingerprint density at radius 1 is 1.92 bits per heavy atom. The van der Waals surface area contributed by atoms with Crippen LogP contribution in [0.1, 0.15) is 17.4 Å². The molecule has 5 nitrogen and oxygen atoms in total. The molecule has 6 heteroatoms. The standard InChI is InChI=1S/C6H8FN3O2/c1-2-12-6(11)4-5(7)9-3-10(4)8/h3H,2,8H2,1H3. The van der Waals surface area contributed by atoms with Gasteiger partial charge in [-0.15, -0.1) is 0 Å². The maximum Gasteiger partial charge on any atom is 0.361 e. The number of nitrogens with two attached hydrogens (primary N) is 1. The molecule has 0 aliphatic rings. The van der Waals surface area contributed by atoms with E-state index in [0.29, 0.717) is 0 Å². The van der Waals surface area contributed by atoms with Crippen LogP contribution in [0.4, 0.5) is 4.39 Å². The summed E-state index contributed by atoms with van der Waals surface area (Å²) in [5, 5.41) is 0. The number of hydrogen-bond donors (Lipinski definition) is 1. The molecule has 0 bridgehead atoms. The van der Waals surface area contributed by atoms with E-state index < -0.39 is 11.9 Å². The molecule has 1 rings (SSSR count). The molecule has 0 saturated carbocycles. The fraction of sp³-hybridized carbons (Fsp3) is 0.333. The molecule has 1 heterocycles. The molecule has 0 fully saturated rings. The van der Waals surface area contributed by atoms with Crippen molar-refractivity contribution < 1.29 is 13.9 Å². The Morgan fingerprint density at radius 2 is 2.58 bits per heavy atom. The summed E-state index contributed by atoms with van der Waals surface area (Å²) in [4.78, 5) is 14.1. The second-order valence-electron chi connectivity index (χ2n) is 2.01. The molecule has 1 aromatic rings. The number of halogens is 1. The lowest BCUT2D eigenvalue weighted by atomic mass is 10.5. The number of esters is 1. The Bertz CT molecular complexity index is 277. The van der Waals surface area contributed by atoms with Crippen molar-refractivity contribution in [3.8, 4) is 0 Å². The summed E-state index contributed by atoms with van der Waals surface area (Å²) >= 11 is 0. The Hall–Kier alpha value is -1.59. The number of hydrogen-bond acceptors (Lipinski definition) is 4. The highest BCUT2D eigenvalue weighted by Crippen LogP contribution is 2.03. The number of nitrogen functional groups attached to an aromatic ring is 1. The second-order valence-corrected chi connectivity index (χ2v) is 2.01. The molecule has 66 valence electrons. The minimum absolute atomic E-state index is 0.170. The van der Waals surface area contributed by atoms with Gasteiger partial charge in [0, 0.05) is 0 Å². The van der Waals surface area contributed by atoms with Crippen LogP contribution < -0.4 is 5.84 Å². The Balaban J connectivity index is 2.93. The van der Waals surface area contributed by atoms with Crippen molar-refractivity contribution >= 4 is 5.97 Å². The third-order valence-electron chi connectivity index (χ3n) is 1.22. The third kappa shape index (κ3) is 1.36. The lowest BCUT2D eigenvalue weighted by Gasteiger charge is -2.00. The molecule has 0 atom stereocenters. The van der Waals surface area contributed by atoms with E-state index in [1.165, 1.54) is 0 Å². The summed E-state index contributed by atoms with van der Waals surface area (Å²) < 4.78 is 18.0. The van der Waals surface area contributed by atoms with E-state index in [1.54, 1.807) is 6.92 Å². The van der Waals surface area contributed by atoms with Gasteiger partial charge in [0.25, 0.3) is 0 Å². The summed E-state index contributed by atoms with van der Waals surface area (Å²) in [5.74, 6) is 3.46. The highest BCUT2D eigenvalue weighted by atomic mass is 19.1. The largest absolute Gasteiger partial charge is 0.461 e. The van der Waals surface area contributed by atoms with Crippen molar-refractivity contribution in [3.05, 3.63) is 18.0 Å². The topological polar surface area (TPSA) is 70.1 Å². The lowest BCUT2D eigenvalue weighted by molar-refractivity contribution is 0.0510. The maximum absolute atomic E-state index is 12.7. The summed E-state index contributed by atoms with van der Waals surface area (Å²) in [6, 6.07) is 0. The van der Waals surface area contributed by atoms with E-state index >= 15 is 0 Å². The minimum Gasteiger partial charge on any atom is -0.461 e. The van der Waals surface area contributed by atoms with Crippen molar-refractivity contribution in [2.75, 3.05) is 12.4 Å². The van der Waals surface area contributed by atoms with Crippen LogP contribution >= 0.6 is 0 Å². The minimum atomic E-state index is -0.920. The molecule has 0 aliphatic carbocycles. The van der Waals surface area contributed by atoms with Crippen LogP contribution in [0.25, 0.3) is 0 Å². The number of carbonyl (C=O) groups excluding carboxylic acids is 1. The van der Waals surface area contributed by atoms with Gasteiger partial charge in [0.05, 0.1) is 6.61 Å². The zero-order chi connectivity index (χ0) is 9.14. The first-order valence-electron chi connectivity index (χ1n) is 3.31. The monoisotopic (exact) mass is 173 g/mol. The normalized spacial score (nSPS) is 9.83. The maximum atomic E-state index is 12.7. The number of carbonyl (C=O) groups is 1. The van der Waals surface area contributed by atoms with Gasteiger partial charge in [-0.2, -0.15) is 4.39 Å². The number of nitrogens with zero attached hydrogens (tertiary/aromatic N) is 2. The van der Waals surface area contributed by atoms with Crippen LogP contribution in [0.5, 0.6) is 0 Å². The summed E-state index contributed by atoms with van der Waals surface area (Å²) in [5.41, 5.74) is -0.364. The first-order valence-corrected chi connectivity index (χ1v) is 3.31. The predicted molar refractivity (Wildman–Crippen MR) is 38.3 cm³/mol. The van der Waals surface area contributed by atoms with E-state index in [2.05, 4.69) is 9.72 Å². The molecule has 0 saturated heterocycles. The zero-order valence-electron chi connectivity index (χ0n) is 6.45. The van der Waals surface area contributed by atoms with Crippen molar-refractivity contribution in [2.45, 2.75) is 6.92 Å². The van der Waals surface area contributed by atoms with Gasteiger partial charge >= 0.3 is 5.97 Å². The Morgan fingerprint density at radius 3 is 3.00 bits per heavy atom. The Labute approximate surface area is 67.9 Å². The van der Waals surface area contributed by atoms with Crippen LogP contribution in [0.3, 0.4) is 0 Å². The molecule has 12 heavy (non-hydrogen) atoms. The molecule has 0 spiro atoms. The van der Waals surface area contributed by atoms with E-state index in [-0.39, 0.29) is 12.3 Å². The molecular weight excluding hydrogens is 165 g/mol. The predicted octanol–water partition coefficient (Wildman–Crippen LogP) is -0.0873. The molecule has 0 radical (unpaired) electrons. The molecule has 0 aromatic carbocycles. The average molecular weight is 173 g/mol. The van der Waals surface area contributed by atoms with Gasteiger partial charge in [-0.25, -0.2) is 14.5 Å². The number of imidazole rings is 1. The first kappa shape index (κ1) is 8.51. The molecule has 2 N–H and O–H groups in total. The van der Waals surface area contributed by atoms with Gasteiger partial charge in [0.1, 0.15) is 6.33 Å². The van der Waals surface area contributed by atoms with Gasteiger partial charge in [-0.05, 0) is 6.92 Å². The fourth-order valence-electron chi connectivity index (χ4n) is 0.727. The summed E-state index contributed by atoms with van der Waals surface area (Å²) in [6.07, 6.45) is 1.00. The summed E-state index contributed by atoms with van der Waals surface area (Å²) in [6.45, 7) is 1.79. The van der Waals surface area contributed by atoms with E-state index in [1.807, 2.05) is 0 Å². The van der Waals surface area contributed by atoms with Crippen molar-refractivity contribution in [2.24, 2.45) is 0 Å². The number of ether oxygens (including phenoxy) is 1. The van der Waals surface area contributed by atoms with Gasteiger partial charge < -0.3 is 10.6 Å². The smallest absolute Gasteiger partial charge is 0.361 e. The SMILES string of the molecule is CCOC(=O)c1c(F)ncn1N. The highest BCUT2D eigenvalue weighted by Gasteiger charge is 2.18. The van der Waals surface area contributed by atoms with Gasteiger partial charge in [-0.1, -0.05) is 0 Å². The third-order valence-corrected chi connectivity index (χ3v) is 1.22. The van der Waals surface area contributed by atoms with E-state index in [9.17, 15) is 9.18 Å². The van der Waals surface area contributed by atoms with Gasteiger partial charge in [0.2, 0.25) is 11.6 Å². The number of rotatable bonds is 2.